The number of phenolic OH excluding ortho intramolecular Hbond substituents is 1. The minimum absolute atomic E-state index is 0.121. The van der Waals surface area contributed by atoms with Gasteiger partial charge in [-0.15, -0.1) is 0 Å². The summed E-state index contributed by atoms with van der Waals surface area (Å²) in [7, 11) is 0. The highest BCUT2D eigenvalue weighted by Gasteiger charge is 2.24. The summed E-state index contributed by atoms with van der Waals surface area (Å²) in [5.41, 5.74) is 2.96. The number of para-hydroxylation sites is 1. The van der Waals surface area contributed by atoms with Gasteiger partial charge in [-0.1, -0.05) is 60.7 Å². The number of ether oxygens (including phenoxy) is 3. The van der Waals surface area contributed by atoms with Crippen molar-refractivity contribution in [2.24, 2.45) is 0 Å². The van der Waals surface area contributed by atoms with E-state index in [9.17, 15) is 5.11 Å². The Kier molecular flexibility index (Phi) is 8.76. The number of piperidine rings is 1. The molecular formula is C28H33NO4. The zero-order valence-electron chi connectivity index (χ0n) is 19.0. The van der Waals surface area contributed by atoms with Crippen LogP contribution in [0.25, 0.3) is 0 Å². The molecule has 5 heteroatoms. The van der Waals surface area contributed by atoms with Crippen molar-refractivity contribution in [1.29, 1.82) is 0 Å². The molecule has 0 saturated carbocycles. The van der Waals surface area contributed by atoms with Gasteiger partial charge in [0.2, 0.25) is 0 Å². The molecule has 0 aliphatic carbocycles. The first kappa shape index (κ1) is 23.3. The monoisotopic (exact) mass is 447 g/mol. The Morgan fingerprint density at radius 3 is 2.45 bits per heavy atom. The van der Waals surface area contributed by atoms with Gasteiger partial charge in [-0.3, -0.25) is 0 Å². The molecule has 0 radical (unpaired) electrons. The maximum atomic E-state index is 10.5. The first-order valence-electron chi connectivity index (χ1n) is 11.8. The van der Waals surface area contributed by atoms with Crippen molar-refractivity contribution in [2.75, 3.05) is 26.3 Å². The van der Waals surface area contributed by atoms with Crippen molar-refractivity contribution >= 4 is 0 Å². The summed E-state index contributed by atoms with van der Waals surface area (Å²) in [6, 6.07) is 25.6. The SMILES string of the molecule is Oc1ccccc1C(OC1CCCNC1)c1ccc(OCCCOCc2ccccc2)cc1. The van der Waals surface area contributed by atoms with E-state index in [0.29, 0.717) is 19.8 Å². The van der Waals surface area contributed by atoms with Crippen LogP contribution in [0.2, 0.25) is 0 Å². The van der Waals surface area contributed by atoms with Crippen molar-refractivity contribution < 1.29 is 19.3 Å². The van der Waals surface area contributed by atoms with Crippen LogP contribution in [0.1, 0.15) is 42.1 Å². The van der Waals surface area contributed by atoms with Crippen LogP contribution in [0.4, 0.5) is 0 Å². The first-order chi connectivity index (χ1) is 16.3. The zero-order chi connectivity index (χ0) is 22.7. The number of rotatable bonds is 11. The van der Waals surface area contributed by atoms with Crippen LogP contribution in [0.3, 0.4) is 0 Å². The summed E-state index contributed by atoms with van der Waals surface area (Å²) in [4.78, 5) is 0. The van der Waals surface area contributed by atoms with Gasteiger partial charge in [0, 0.05) is 18.5 Å². The highest BCUT2D eigenvalue weighted by molar-refractivity contribution is 5.41. The average Bonchev–Trinajstić information content (AvgIpc) is 2.87. The van der Waals surface area contributed by atoms with E-state index >= 15 is 0 Å². The van der Waals surface area contributed by atoms with Gasteiger partial charge in [0.05, 0.1) is 25.9 Å². The molecular weight excluding hydrogens is 414 g/mol. The van der Waals surface area contributed by atoms with Gasteiger partial charge in [-0.2, -0.15) is 0 Å². The highest BCUT2D eigenvalue weighted by atomic mass is 16.5. The molecule has 3 aromatic carbocycles. The second-order valence-electron chi connectivity index (χ2n) is 8.35. The molecule has 1 saturated heterocycles. The second kappa shape index (κ2) is 12.4. The molecule has 2 N–H and O–H groups in total. The Bertz CT molecular complexity index is 955. The van der Waals surface area contributed by atoms with E-state index in [1.165, 1.54) is 5.56 Å². The van der Waals surface area contributed by atoms with E-state index in [1.807, 2.05) is 60.7 Å². The van der Waals surface area contributed by atoms with E-state index in [-0.39, 0.29) is 18.0 Å². The van der Waals surface area contributed by atoms with Gasteiger partial charge in [-0.05, 0) is 48.7 Å². The highest BCUT2D eigenvalue weighted by Crippen LogP contribution is 2.34. The molecule has 33 heavy (non-hydrogen) atoms. The molecule has 0 bridgehead atoms. The number of aromatic hydroxyl groups is 1. The number of hydrogen-bond donors (Lipinski definition) is 2. The largest absolute Gasteiger partial charge is 0.508 e. The average molecular weight is 448 g/mol. The number of benzene rings is 3. The lowest BCUT2D eigenvalue weighted by atomic mass is 9.99. The fraction of sp³-hybridized carbons (Fsp3) is 0.357. The topological polar surface area (TPSA) is 60.0 Å². The lowest BCUT2D eigenvalue weighted by Gasteiger charge is -2.29. The molecule has 1 aliphatic rings. The number of phenols is 1. The minimum atomic E-state index is -0.323. The number of hydrogen-bond acceptors (Lipinski definition) is 5. The molecule has 1 fully saturated rings. The number of nitrogens with one attached hydrogen (secondary N) is 1. The van der Waals surface area contributed by atoms with Gasteiger partial charge >= 0.3 is 0 Å². The van der Waals surface area contributed by atoms with Crippen molar-refractivity contribution in [3.8, 4) is 11.5 Å². The molecule has 5 nitrogen and oxygen atoms in total. The second-order valence-corrected chi connectivity index (χ2v) is 8.35. The van der Waals surface area contributed by atoms with Crippen molar-refractivity contribution in [3.63, 3.8) is 0 Å². The quantitative estimate of drug-likeness (QED) is 0.394. The summed E-state index contributed by atoms with van der Waals surface area (Å²) in [5.74, 6) is 1.07. The van der Waals surface area contributed by atoms with Crippen LogP contribution in [0, 0.1) is 0 Å². The van der Waals surface area contributed by atoms with Gasteiger partial charge in [-0.25, -0.2) is 0 Å². The lowest BCUT2D eigenvalue weighted by Crippen LogP contribution is -2.36. The summed E-state index contributed by atoms with van der Waals surface area (Å²) in [6.45, 7) is 3.74. The summed E-state index contributed by atoms with van der Waals surface area (Å²) >= 11 is 0. The molecule has 2 unspecified atom stereocenters. The minimum Gasteiger partial charge on any atom is -0.508 e. The van der Waals surface area contributed by atoms with E-state index in [0.717, 1.165) is 49.2 Å². The normalized spacial score (nSPS) is 16.9. The molecule has 4 rings (SSSR count). The smallest absolute Gasteiger partial charge is 0.121 e. The Hall–Kier alpha value is -2.86. The third kappa shape index (κ3) is 7.06. The standard InChI is InChI=1S/C28H33NO4/c30-27-12-5-4-11-26(27)28(33-25-10-6-17-29-20-25)23-13-15-24(16-14-23)32-19-7-18-31-21-22-8-2-1-3-9-22/h1-5,8-9,11-16,25,28-30H,6-7,10,17-21H2. The molecule has 0 spiro atoms. The fourth-order valence-electron chi connectivity index (χ4n) is 4.02. The lowest BCUT2D eigenvalue weighted by molar-refractivity contribution is -0.00518. The molecule has 1 heterocycles. The van der Waals surface area contributed by atoms with Crippen LogP contribution < -0.4 is 10.1 Å². The molecule has 2 atom stereocenters. The molecule has 174 valence electrons. The van der Waals surface area contributed by atoms with Gasteiger partial charge in [0.25, 0.3) is 0 Å². The van der Waals surface area contributed by atoms with Crippen LogP contribution in [-0.4, -0.2) is 37.5 Å². The van der Waals surface area contributed by atoms with E-state index < -0.39 is 0 Å². The Morgan fingerprint density at radius 1 is 0.909 bits per heavy atom. The van der Waals surface area contributed by atoms with Crippen LogP contribution >= 0.6 is 0 Å². The van der Waals surface area contributed by atoms with Gasteiger partial charge in [0.15, 0.2) is 0 Å². The van der Waals surface area contributed by atoms with Crippen molar-refractivity contribution in [1.82, 2.24) is 5.32 Å². The molecule has 1 aliphatic heterocycles. The van der Waals surface area contributed by atoms with Gasteiger partial charge < -0.3 is 24.6 Å². The predicted octanol–water partition coefficient (Wildman–Crippen LogP) is 5.24. The van der Waals surface area contributed by atoms with Crippen molar-refractivity contribution in [2.45, 2.75) is 38.1 Å². The third-order valence-corrected chi connectivity index (χ3v) is 5.80. The summed E-state index contributed by atoms with van der Waals surface area (Å²) in [5, 5.41) is 13.8. The first-order valence-corrected chi connectivity index (χ1v) is 11.8. The third-order valence-electron chi connectivity index (χ3n) is 5.80. The molecule has 3 aromatic rings. The molecule has 0 aromatic heterocycles. The Balaban J connectivity index is 1.30. The Morgan fingerprint density at radius 2 is 1.70 bits per heavy atom. The van der Waals surface area contributed by atoms with E-state index in [1.54, 1.807) is 6.07 Å². The van der Waals surface area contributed by atoms with Crippen LogP contribution in [-0.2, 0) is 16.1 Å². The van der Waals surface area contributed by atoms with Gasteiger partial charge in [0.1, 0.15) is 17.6 Å². The maximum absolute atomic E-state index is 10.5. The summed E-state index contributed by atoms with van der Waals surface area (Å²) in [6.07, 6.45) is 2.74. The maximum Gasteiger partial charge on any atom is 0.121 e. The summed E-state index contributed by atoms with van der Waals surface area (Å²) < 4.78 is 18.1. The van der Waals surface area contributed by atoms with Crippen molar-refractivity contribution in [3.05, 3.63) is 95.6 Å². The predicted molar refractivity (Wildman–Crippen MR) is 130 cm³/mol. The Labute approximate surface area is 196 Å². The molecule has 0 amide bonds. The fourth-order valence-corrected chi connectivity index (χ4v) is 4.02. The zero-order valence-corrected chi connectivity index (χ0v) is 19.0. The van der Waals surface area contributed by atoms with Crippen LogP contribution in [0.15, 0.2) is 78.9 Å². The van der Waals surface area contributed by atoms with E-state index in [4.69, 9.17) is 14.2 Å². The van der Waals surface area contributed by atoms with Crippen LogP contribution in [0.5, 0.6) is 11.5 Å². The van der Waals surface area contributed by atoms with E-state index in [2.05, 4.69) is 17.4 Å².